The van der Waals surface area contributed by atoms with Gasteiger partial charge in [0.15, 0.2) is 5.78 Å². The average Bonchev–Trinajstić information content (AvgIpc) is 2.50. The zero-order valence-corrected chi connectivity index (χ0v) is 14.6. The molecular formula is C16H17ClNO5S-. The minimum atomic E-state index is -3.74. The number of halogens is 1. The first-order valence-corrected chi connectivity index (χ1v) is 9.28. The Morgan fingerprint density at radius 3 is 2.58 bits per heavy atom. The number of ketones is 1. The van der Waals surface area contributed by atoms with Crippen LogP contribution in [-0.2, 0) is 19.6 Å². The summed E-state index contributed by atoms with van der Waals surface area (Å²) in [5, 5.41) is 11.2. The zero-order chi connectivity index (χ0) is 17.9. The van der Waals surface area contributed by atoms with Gasteiger partial charge in [-0.3, -0.25) is 4.79 Å². The molecule has 0 bridgehead atoms. The third-order valence-electron chi connectivity index (χ3n) is 3.81. The van der Waals surface area contributed by atoms with Gasteiger partial charge in [-0.05, 0) is 42.7 Å². The van der Waals surface area contributed by atoms with Crippen molar-refractivity contribution >= 4 is 33.4 Å². The standard InChI is InChI=1S/C16H18ClNO5S/c1-10(16(20)21)8-11-9-13(4-7-15(11)19)18-24(22,23)14-5-2-12(17)3-6-14/h2-3,5-6,8,10,13,18H,4,7,9H2,1H3,(H,20,21)/p-1/b11-8+. The minimum Gasteiger partial charge on any atom is -0.550 e. The summed E-state index contributed by atoms with van der Waals surface area (Å²) in [7, 11) is -3.74. The molecule has 0 radical (unpaired) electrons. The predicted molar refractivity (Wildman–Crippen MR) is 86.7 cm³/mol. The van der Waals surface area contributed by atoms with Gasteiger partial charge in [-0.1, -0.05) is 24.6 Å². The molecule has 1 N–H and O–H groups in total. The molecule has 24 heavy (non-hydrogen) atoms. The molecule has 0 aromatic heterocycles. The van der Waals surface area contributed by atoms with Crippen LogP contribution in [0.3, 0.4) is 0 Å². The summed E-state index contributed by atoms with van der Waals surface area (Å²) in [5.41, 5.74) is 0.321. The number of Topliss-reactive ketones (excluding diaryl/α,β-unsaturated/α-hetero) is 1. The van der Waals surface area contributed by atoms with Crippen molar-refractivity contribution in [3.8, 4) is 0 Å². The second-order valence-corrected chi connectivity index (χ2v) is 7.89. The van der Waals surface area contributed by atoms with E-state index in [1.165, 1.54) is 37.3 Å². The number of carbonyl (C=O) groups excluding carboxylic acids is 2. The first-order chi connectivity index (χ1) is 11.2. The first kappa shape index (κ1) is 18.6. The fourth-order valence-corrected chi connectivity index (χ4v) is 3.88. The van der Waals surface area contributed by atoms with E-state index in [2.05, 4.69) is 4.72 Å². The van der Waals surface area contributed by atoms with Crippen LogP contribution in [0.15, 0.2) is 40.8 Å². The third-order valence-corrected chi connectivity index (χ3v) is 5.60. The van der Waals surface area contributed by atoms with Crippen LogP contribution < -0.4 is 9.83 Å². The normalized spacial score (nSPS) is 21.7. The summed E-state index contributed by atoms with van der Waals surface area (Å²) in [4.78, 5) is 22.8. The fraction of sp³-hybridized carbons (Fsp3) is 0.375. The molecule has 1 fully saturated rings. The van der Waals surface area contributed by atoms with E-state index in [4.69, 9.17) is 11.6 Å². The summed E-state index contributed by atoms with van der Waals surface area (Å²) >= 11 is 5.75. The Kier molecular flexibility index (Phi) is 5.79. The lowest BCUT2D eigenvalue weighted by Crippen LogP contribution is -2.39. The van der Waals surface area contributed by atoms with Gasteiger partial charge in [-0.25, -0.2) is 13.1 Å². The summed E-state index contributed by atoms with van der Waals surface area (Å²) in [6.45, 7) is 1.41. The Hall–Kier alpha value is -1.70. The highest BCUT2D eigenvalue weighted by Gasteiger charge is 2.27. The highest BCUT2D eigenvalue weighted by atomic mass is 35.5. The maximum atomic E-state index is 12.4. The van der Waals surface area contributed by atoms with Crippen LogP contribution in [0.5, 0.6) is 0 Å². The summed E-state index contributed by atoms with van der Waals surface area (Å²) in [5.74, 6) is -2.35. The molecular weight excluding hydrogens is 354 g/mol. The van der Waals surface area contributed by atoms with Gasteiger partial charge in [0.2, 0.25) is 10.0 Å². The Morgan fingerprint density at radius 1 is 1.38 bits per heavy atom. The van der Waals surface area contributed by atoms with Crippen molar-refractivity contribution in [1.82, 2.24) is 4.72 Å². The number of carboxylic acid groups (broad SMARTS) is 1. The molecule has 1 saturated carbocycles. The monoisotopic (exact) mass is 370 g/mol. The molecule has 8 heteroatoms. The van der Waals surface area contributed by atoms with E-state index < -0.39 is 28.0 Å². The van der Waals surface area contributed by atoms with Crippen molar-refractivity contribution in [2.24, 2.45) is 5.92 Å². The van der Waals surface area contributed by atoms with Crippen LogP contribution in [0.1, 0.15) is 26.2 Å². The van der Waals surface area contributed by atoms with Gasteiger partial charge >= 0.3 is 0 Å². The summed E-state index contributed by atoms with van der Waals surface area (Å²) < 4.78 is 27.3. The van der Waals surface area contributed by atoms with Crippen molar-refractivity contribution in [2.75, 3.05) is 0 Å². The molecule has 1 aromatic rings. The van der Waals surface area contributed by atoms with Crippen LogP contribution in [0.25, 0.3) is 0 Å². The number of sulfonamides is 1. The predicted octanol–water partition coefficient (Wildman–Crippen LogP) is 1.05. The maximum Gasteiger partial charge on any atom is 0.240 e. The minimum absolute atomic E-state index is 0.0810. The Labute approximate surface area is 145 Å². The Bertz CT molecular complexity index is 770. The Balaban J connectivity index is 2.14. The smallest absolute Gasteiger partial charge is 0.240 e. The highest BCUT2D eigenvalue weighted by Crippen LogP contribution is 2.24. The van der Waals surface area contributed by atoms with E-state index in [0.717, 1.165) is 0 Å². The molecule has 0 spiro atoms. The number of benzene rings is 1. The summed E-state index contributed by atoms with van der Waals surface area (Å²) in [6, 6.07) is 5.28. The zero-order valence-electron chi connectivity index (χ0n) is 13.0. The maximum absolute atomic E-state index is 12.4. The van der Waals surface area contributed by atoms with Crippen molar-refractivity contribution in [3.05, 3.63) is 40.9 Å². The van der Waals surface area contributed by atoms with Gasteiger partial charge in [0, 0.05) is 29.4 Å². The highest BCUT2D eigenvalue weighted by molar-refractivity contribution is 7.89. The molecule has 1 aromatic carbocycles. The van der Waals surface area contributed by atoms with E-state index in [9.17, 15) is 23.1 Å². The van der Waals surface area contributed by atoms with Crippen LogP contribution in [0, 0.1) is 5.92 Å². The topological polar surface area (TPSA) is 103 Å². The first-order valence-electron chi connectivity index (χ1n) is 7.41. The molecule has 0 heterocycles. The second kappa shape index (κ2) is 7.46. The van der Waals surface area contributed by atoms with Gasteiger partial charge in [-0.2, -0.15) is 0 Å². The number of rotatable bonds is 5. The van der Waals surface area contributed by atoms with Crippen molar-refractivity contribution < 1.29 is 23.1 Å². The largest absolute Gasteiger partial charge is 0.550 e. The van der Waals surface area contributed by atoms with Gasteiger partial charge in [0.1, 0.15) is 0 Å². The number of hydrogen-bond acceptors (Lipinski definition) is 5. The van der Waals surface area contributed by atoms with Crippen molar-refractivity contribution in [1.29, 1.82) is 0 Å². The SMILES string of the molecule is CC(/C=C1\CC(NS(=O)(=O)c2ccc(Cl)cc2)CCC1=O)C(=O)[O-]. The number of hydrogen-bond donors (Lipinski definition) is 1. The molecule has 130 valence electrons. The molecule has 1 aliphatic carbocycles. The Morgan fingerprint density at radius 2 is 2.00 bits per heavy atom. The van der Waals surface area contributed by atoms with E-state index in [1.54, 1.807) is 0 Å². The van der Waals surface area contributed by atoms with Gasteiger partial charge in [-0.15, -0.1) is 0 Å². The van der Waals surface area contributed by atoms with Crippen LogP contribution in [0.2, 0.25) is 5.02 Å². The molecule has 6 nitrogen and oxygen atoms in total. The molecule has 2 rings (SSSR count). The average molecular weight is 371 g/mol. The molecule has 2 unspecified atom stereocenters. The van der Waals surface area contributed by atoms with Gasteiger partial charge in [0.25, 0.3) is 0 Å². The van der Waals surface area contributed by atoms with Crippen LogP contribution >= 0.6 is 11.6 Å². The third kappa shape index (κ3) is 4.66. The van der Waals surface area contributed by atoms with E-state index >= 15 is 0 Å². The van der Waals surface area contributed by atoms with Crippen molar-refractivity contribution in [2.45, 2.75) is 37.1 Å². The molecule has 0 saturated heterocycles. The summed E-state index contributed by atoms with van der Waals surface area (Å²) in [6.07, 6.45) is 2.02. The molecule has 1 aliphatic rings. The van der Waals surface area contributed by atoms with E-state index in [1.807, 2.05) is 0 Å². The van der Waals surface area contributed by atoms with E-state index in [-0.39, 0.29) is 23.5 Å². The lowest BCUT2D eigenvalue weighted by molar-refractivity contribution is -0.309. The number of carbonyl (C=O) groups is 2. The van der Waals surface area contributed by atoms with Crippen molar-refractivity contribution in [3.63, 3.8) is 0 Å². The second-order valence-electron chi connectivity index (χ2n) is 5.74. The number of nitrogens with one attached hydrogen (secondary N) is 1. The molecule has 0 amide bonds. The van der Waals surface area contributed by atoms with Gasteiger partial charge < -0.3 is 9.90 Å². The van der Waals surface area contributed by atoms with Gasteiger partial charge in [0.05, 0.1) is 4.90 Å². The van der Waals surface area contributed by atoms with Crippen LogP contribution in [-0.4, -0.2) is 26.2 Å². The lowest BCUT2D eigenvalue weighted by Gasteiger charge is -2.25. The van der Waals surface area contributed by atoms with E-state index in [0.29, 0.717) is 17.0 Å². The quantitative estimate of drug-likeness (QED) is 0.780. The fourth-order valence-electron chi connectivity index (χ4n) is 2.48. The molecule has 2 atom stereocenters. The number of carboxylic acids is 1. The molecule has 0 aliphatic heterocycles. The number of aliphatic carboxylic acids is 1. The lowest BCUT2D eigenvalue weighted by atomic mass is 9.88. The van der Waals surface area contributed by atoms with Crippen LogP contribution in [0.4, 0.5) is 0 Å².